The Hall–Kier alpha value is -1.15. The largest absolute Gasteiger partial charge is 0.495 e. The number of nitrogens with zero attached hydrogens (tertiary/aromatic N) is 2. The van der Waals surface area contributed by atoms with Gasteiger partial charge in [0.2, 0.25) is 10.0 Å². The number of sulfonamides is 1. The molecule has 0 saturated carbocycles. The van der Waals surface area contributed by atoms with E-state index in [1.807, 2.05) is 13.8 Å². The number of hydrogen-bond acceptors (Lipinski definition) is 5. The Bertz CT molecular complexity index is 638. The first-order valence-corrected chi connectivity index (χ1v) is 9.37. The molecular weight excluding hydrogens is 314 g/mol. The van der Waals surface area contributed by atoms with E-state index in [2.05, 4.69) is 21.6 Å². The molecule has 0 amide bonds. The summed E-state index contributed by atoms with van der Waals surface area (Å²) in [5.74, 6) is 0.389. The number of likely N-dealkylation sites (N-methyl/N-ethyl adjacent to an activating group) is 1. The summed E-state index contributed by atoms with van der Waals surface area (Å²) in [5.41, 5.74) is 1.95. The molecule has 0 unspecified atom stereocenters. The summed E-state index contributed by atoms with van der Waals surface area (Å²) in [6.45, 7) is 8.97. The number of nitrogens with one attached hydrogen (secondary N) is 1. The SMILES string of the molecule is COc1cc(C)c(C)cc1S(=O)(=O)NCCN1CCN(C)CC1. The number of piperazine rings is 1. The van der Waals surface area contributed by atoms with Gasteiger partial charge in [0.1, 0.15) is 10.6 Å². The maximum absolute atomic E-state index is 12.6. The fourth-order valence-electron chi connectivity index (χ4n) is 2.62. The van der Waals surface area contributed by atoms with Gasteiger partial charge >= 0.3 is 0 Å². The average molecular weight is 341 g/mol. The number of aryl methyl sites for hydroxylation is 2. The van der Waals surface area contributed by atoms with Crippen LogP contribution in [0.5, 0.6) is 5.75 Å². The van der Waals surface area contributed by atoms with Crippen molar-refractivity contribution in [2.45, 2.75) is 18.7 Å². The van der Waals surface area contributed by atoms with Crippen LogP contribution in [0.3, 0.4) is 0 Å². The second kappa shape index (κ2) is 7.61. The van der Waals surface area contributed by atoms with Gasteiger partial charge in [-0.05, 0) is 44.2 Å². The molecule has 1 heterocycles. The van der Waals surface area contributed by atoms with Crippen molar-refractivity contribution in [3.63, 3.8) is 0 Å². The topological polar surface area (TPSA) is 61.9 Å². The van der Waals surface area contributed by atoms with Crippen LogP contribution in [0.2, 0.25) is 0 Å². The maximum Gasteiger partial charge on any atom is 0.244 e. The van der Waals surface area contributed by atoms with Crippen LogP contribution >= 0.6 is 0 Å². The summed E-state index contributed by atoms with van der Waals surface area (Å²) in [4.78, 5) is 4.77. The molecule has 23 heavy (non-hydrogen) atoms. The molecule has 130 valence electrons. The molecule has 1 N–H and O–H groups in total. The second-order valence-electron chi connectivity index (χ2n) is 6.13. The molecule has 0 bridgehead atoms. The van der Waals surface area contributed by atoms with Crippen molar-refractivity contribution in [1.29, 1.82) is 0 Å². The Morgan fingerprint density at radius 3 is 2.35 bits per heavy atom. The number of rotatable bonds is 6. The molecule has 1 aliphatic rings. The van der Waals surface area contributed by atoms with E-state index in [9.17, 15) is 8.42 Å². The lowest BCUT2D eigenvalue weighted by Crippen LogP contribution is -2.46. The number of hydrogen-bond donors (Lipinski definition) is 1. The molecule has 1 aromatic rings. The zero-order valence-electron chi connectivity index (χ0n) is 14.4. The zero-order valence-corrected chi connectivity index (χ0v) is 15.2. The average Bonchev–Trinajstić information content (AvgIpc) is 2.51. The molecular formula is C16H27N3O3S. The van der Waals surface area contributed by atoms with E-state index < -0.39 is 10.0 Å². The summed E-state index contributed by atoms with van der Waals surface area (Å²) in [6, 6.07) is 3.44. The molecule has 0 radical (unpaired) electrons. The molecule has 0 atom stereocenters. The Kier molecular flexibility index (Phi) is 6.02. The van der Waals surface area contributed by atoms with Crippen molar-refractivity contribution >= 4 is 10.0 Å². The summed E-state index contributed by atoms with van der Waals surface area (Å²) < 4.78 is 33.0. The van der Waals surface area contributed by atoms with Crippen molar-refractivity contribution in [2.24, 2.45) is 0 Å². The first-order valence-electron chi connectivity index (χ1n) is 7.89. The van der Waals surface area contributed by atoms with Crippen LogP contribution < -0.4 is 9.46 Å². The van der Waals surface area contributed by atoms with Gasteiger partial charge in [0.25, 0.3) is 0 Å². The van der Waals surface area contributed by atoms with Crippen LogP contribution in [0.25, 0.3) is 0 Å². The third-order valence-electron chi connectivity index (χ3n) is 4.39. The lowest BCUT2D eigenvalue weighted by molar-refractivity contribution is 0.156. The van der Waals surface area contributed by atoms with Crippen molar-refractivity contribution in [2.75, 3.05) is 53.4 Å². The molecule has 1 fully saturated rings. The highest BCUT2D eigenvalue weighted by molar-refractivity contribution is 7.89. The normalized spacial score (nSPS) is 17.4. The van der Waals surface area contributed by atoms with E-state index in [4.69, 9.17) is 4.74 Å². The van der Waals surface area contributed by atoms with E-state index in [0.29, 0.717) is 12.3 Å². The Labute approximate surface area is 139 Å². The monoisotopic (exact) mass is 341 g/mol. The number of benzene rings is 1. The highest BCUT2D eigenvalue weighted by Crippen LogP contribution is 2.27. The summed E-state index contributed by atoms with van der Waals surface area (Å²) in [7, 11) is 0.0307. The molecule has 6 nitrogen and oxygen atoms in total. The predicted molar refractivity (Wildman–Crippen MR) is 91.6 cm³/mol. The molecule has 0 aliphatic carbocycles. The van der Waals surface area contributed by atoms with Crippen LogP contribution in [-0.2, 0) is 10.0 Å². The minimum Gasteiger partial charge on any atom is -0.495 e. The van der Waals surface area contributed by atoms with Crippen LogP contribution in [0, 0.1) is 13.8 Å². The van der Waals surface area contributed by atoms with Gasteiger partial charge in [-0.2, -0.15) is 0 Å². The summed E-state index contributed by atoms with van der Waals surface area (Å²) in [5, 5.41) is 0. The first kappa shape index (κ1) is 18.2. The van der Waals surface area contributed by atoms with Crippen LogP contribution in [0.15, 0.2) is 17.0 Å². The molecule has 0 aromatic heterocycles. The molecule has 1 aromatic carbocycles. The van der Waals surface area contributed by atoms with E-state index in [0.717, 1.165) is 43.9 Å². The quantitative estimate of drug-likeness (QED) is 0.831. The Morgan fingerprint density at radius 1 is 1.13 bits per heavy atom. The third-order valence-corrected chi connectivity index (χ3v) is 5.87. The standard InChI is InChI=1S/C16H27N3O3S/c1-13-11-15(22-4)16(12-14(13)2)23(20,21)17-5-6-19-9-7-18(3)8-10-19/h11-12,17H,5-10H2,1-4H3. The molecule has 1 aliphatic heterocycles. The highest BCUT2D eigenvalue weighted by Gasteiger charge is 2.21. The molecule has 0 spiro atoms. The van der Waals surface area contributed by atoms with E-state index in [1.165, 1.54) is 7.11 Å². The summed E-state index contributed by atoms with van der Waals surface area (Å²) in [6.07, 6.45) is 0. The molecule has 1 saturated heterocycles. The Balaban J connectivity index is 2.00. The molecule has 2 rings (SSSR count). The van der Waals surface area contributed by atoms with Crippen LogP contribution in [-0.4, -0.2) is 71.6 Å². The summed E-state index contributed by atoms with van der Waals surface area (Å²) >= 11 is 0. The van der Waals surface area contributed by atoms with E-state index in [-0.39, 0.29) is 4.90 Å². The maximum atomic E-state index is 12.6. The van der Waals surface area contributed by atoms with Gasteiger partial charge in [-0.25, -0.2) is 13.1 Å². The van der Waals surface area contributed by atoms with E-state index in [1.54, 1.807) is 12.1 Å². The van der Waals surface area contributed by atoms with Crippen molar-refractivity contribution in [3.05, 3.63) is 23.3 Å². The van der Waals surface area contributed by atoms with Gasteiger partial charge in [0, 0.05) is 39.3 Å². The van der Waals surface area contributed by atoms with Crippen LogP contribution in [0.1, 0.15) is 11.1 Å². The number of methoxy groups -OCH3 is 1. The van der Waals surface area contributed by atoms with Gasteiger partial charge in [-0.15, -0.1) is 0 Å². The zero-order chi connectivity index (χ0) is 17.0. The van der Waals surface area contributed by atoms with Crippen molar-refractivity contribution < 1.29 is 13.2 Å². The van der Waals surface area contributed by atoms with Crippen LogP contribution in [0.4, 0.5) is 0 Å². The van der Waals surface area contributed by atoms with Gasteiger partial charge in [-0.3, -0.25) is 4.90 Å². The predicted octanol–water partition coefficient (Wildman–Crippen LogP) is 0.838. The highest BCUT2D eigenvalue weighted by atomic mass is 32.2. The second-order valence-corrected chi connectivity index (χ2v) is 7.87. The minimum atomic E-state index is -3.57. The third kappa shape index (κ3) is 4.67. The lowest BCUT2D eigenvalue weighted by atomic mass is 10.1. The van der Waals surface area contributed by atoms with Gasteiger partial charge in [0.15, 0.2) is 0 Å². The fraction of sp³-hybridized carbons (Fsp3) is 0.625. The molecule has 7 heteroatoms. The number of ether oxygens (including phenoxy) is 1. The van der Waals surface area contributed by atoms with Crippen molar-refractivity contribution in [1.82, 2.24) is 14.5 Å². The smallest absolute Gasteiger partial charge is 0.244 e. The first-order chi connectivity index (χ1) is 10.8. The van der Waals surface area contributed by atoms with E-state index >= 15 is 0 Å². The Morgan fingerprint density at radius 2 is 1.74 bits per heavy atom. The minimum absolute atomic E-state index is 0.210. The van der Waals surface area contributed by atoms with Gasteiger partial charge in [0.05, 0.1) is 7.11 Å². The van der Waals surface area contributed by atoms with Gasteiger partial charge in [-0.1, -0.05) is 0 Å². The van der Waals surface area contributed by atoms with Gasteiger partial charge < -0.3 is 9.64 Å². The lowest BCUT2D eigenvalue weighted by Gasteiger charge is -2.32. The van der Waals surface area contributed by atoms with Crippen molar-refractivity contribution in [3.8, 4) is 5.75 Å². The fourth-order valence-corrected chi connectivity index (χ4v) is 3.87.